The number of H-pyrrole nitrogens is 1. The number of carboxylic acids is 1. The zero-order valence-electron chi connectivity index (χ0n) is 12.7. The zero-order valence-corrected chi connectivity index (χ0v) is 14.9. The highest BCUT2D eigenvalue weighted by molar-refractivity contribution is 14.1. The first kappa shape index (κ1) is 16.0. The summed E-state index contributed by atoms with van der Waals surface area (Å²) in [7, 11) is 0. The summed E-state index contributed by atoms with van der Waals surface area (Å²) in [5.41, 5.74) is 4.10. The molecule has 23 heavy (non-hydrogen) atoms. The molecular formula is C18H17IN2O2. The number of nitrogens with one attached hydrogen (secondary N) is 1. The number of hydrogen-bond donors (Lipinski definition) is 2. The number of fused-ring (bicyclic) bond motifs is 1. The molecule has 1 aromatic heterocycles. The van der Waals surface area contributed by atoms with Gasteiger partial charge in [-0.15, -0.1) is 0 Å². The maximum atomic E-state index is 11.3. The number of halogens is 1. The largest absolute Gasteiger partial charge is 0.481 e. The summed E-state index contributed by atoms with van der Waals surface area (Å²) >= 11 is 2.26. The van der Waals surface area contributed by atoms with Gasteiger partial charge in [-0.3, -0.25) is 4.79 Å². The van der Waals surface area contributed by atoms with Gasteiger partial charge >= 0.3 is 5.97 Å². The van der Waals surface area contributed by atoms with Crippen LogP contribution < -0.4 is 0 Å². The molecule has 1 atom stereocenters. The number of aromatic amines is 1. The summed E-state index contributed by atoms with van der Waals surface area (Å²) in [5, 5.41) is 9.26. The number of aryl methyl sites for hydroxylation is 1. The van der Waals surface area contributed by atoms with Crippen LogP contribution in [0.4, 0.5) is 0 Å². The Labute approximate surface area is 148 Å². The van der Waals surface area contributed by atoms with Crippen molar-refractivity contribution in [1.82, 2.24) is 9.97 Å². The van der Waals surface area contributed by atoms with Gasteiger partial charge in [-0.25, -0.2) is 4.98 Å². The molecule has 0 amide bonds. The summed E-state index contributed by atoms with van der Waals surface area (Å²) in [5.74, 6) is -0.0475. The first-order valence-electron chi connectivity index (χ1n) is 7.44. The van der Waals surface area contributed by atoms with Gasteiger partial charge in [-0.2, -0.15) is 0 Å². The van der Waals surface area contributed by atoms with Crippen LogP contribution in [0, 0.1) is 10.5 Å². The summed E-state index contributed by atoms with van der Waals surface area (Å²) in [6.07, 6.45) is 0.682. The van der Waals surface area contributed by atoms with Gasteiger partial charge in [0.2, 0.25) is 0 Å². The number of aromatic nitrogens is 2. The molecule has 5 heteroatoms. The average Bonchev–Trinajstić information content (AvgIpc) is 2.88. The Morgan fingerprint density at radius 3 is 2.83 bits per heavy atom. The van der Waals surface area contributed by atoms with Crippen LogP contribution in [-0.4, -0.2) is 21.0 Å². The zero-order chi connectivity index (χ0) is 16.4. The summed E-state index contributed by atoms with van der Waals surface area (Å²) < 4.78 is 1.13. The molecule has 0 saturated carbocycles. The molecule has 0 bridgehead atoms. The van der Waals surface area contributed by atoms with E-state index in [1.807, 2.05) is 49.4 Å². The molecule has 0 fully saturated rings. The third-order valence-corrected chi connectivity index (χ3v) is 4.65. The molecule has 0 aliphatic heterocycles. The van der Waals surface area contributed by atoms with Crippen molar-refractivity contribution in [2.45, 2.75) is 25.7 Å². The Morgan fingerprint density at radius 2 is 2.09 bits per heavy atom. The first-order chi connectivity index (χ1) is 11.0. The minimum absolute atomic E-state index is 0.0895. The monoisotopic (exact) mass is 420 g/mol. The van der Waals surface area contributed by atoms with Crippen LogP contribution >= 0.6 is 22.6 Å². The Hall–Kier alpha value is -1.89. The van der Waals surface area contributed by atoms with Gasteiger partial charge in [-0.1, -0.05) is 24.3 Å². The third kappa shape index (κ3) is 3.72. The average molecular weight is 420 g/mol. The number of benzene rings is 2. The van der Waals surface area contributed by atoms with E-state index in [4.69, 9.17) is 0 Å². The maximum absolute atomic E-state index is 11.3. The van der Waals surface area contributed by atoms with Crippen molar-refractivity contribution in [2.75, 3.05) is 0 Å². The lowest BCUT2D eigenvalue weighted by molar-refractivity contribution is -0.137. The fraction of sp³-hybridized carbons (Fsp3) is 0.222. The maximum Gasteiger partial charge on any atom is 0.303 e. The molecule has 0 saturated heterocycles. The van der Waals surface area contributed by atoms with E-state index in [0.29, 0.717) is 6.42 Å². The standard InChI is InChI=1S/C18H17IN2O2/c1-11-4-2-3-5-14(11)12(9-18(22)23)8-17-20-15-7-6-13(19)10-16(15)21-17/h2-7,10,12H,8-9H2,1H3,(H,20,21)(H,22,23). The van der Waals surface area contributed by atoms with E-state index in [1.165, 1.54) is 0 Å². The molecule has 118 valence electrons. The molecular weight excluding hydrogens is 403 g/mol. The molecule has 0 radical (unpaired) electrons. The van der Waals surface area contributed by atoms with Crippen LogP contribution in [0.25, 0.3) is 11.0 Å². The molecule has 0 aliphatic carbocycles. The highest BCUT2D eigenvalue weighted by Crippen LogP contribution is 2.27. The van der Waals surface area contributed by atoms with Crippen molar-refractivity contribution in [3.63, 3.8) is 0 Å². The molecule has 2 aromatic carbocycles. The van der Waals surface area contributed by atoms with E-state index < -0.39 is 5.97 Å². The molecule has 1 heterocycles. The molecule has 0 aliphatic rings. The van der Waals surface area contributed by atoms with Gasteiger partial charge in [0, 0.05) is 15.9 Å². The number of aliphatic carboxylic acids is 1. The van der Waals surface area contributed by atoms with Crippen LogP contribution in [-0.2, 0) is 11.2 Å². The van der Waals surface area contributed by atoms with Crippen LogP contribution in [0.15, 0.2) is 42.5 Å². The van der Waals surface area contributed by atoms with Crippen LogP contribution in [0.1, 0.15) is 29.3 Å². The number of nitrogens with zero attached hydrogens (tertiary/aromatic N) is 1. The molecule has 2 N–H and O–H groups in total. The summed E-state index contributed by atoms with van der Waals surface area (Å²) in [4.78, 5) is 19.2. The normalized spacial score (nSPS) is 12.4. The van der Waals surface area contributed by atoms with E-state index in [-0.39, 0.29) is 12.3 Å². The van der Waals surface area contributed by atoms with E-state index in [1.54, 1.807) is 0 Å². The molecule has 4 nitrogen and oxygen atoms in total. The van der Waals surface area contributed by atoms with Crippen molar-refractivity contribution in [2.24, 2.45) is 0 Å². The van der Waals surface area contributed by atoms with Gasteiger partial charge < -0.3 is 10.1 Å². The number of rotatable bonds is 5. The number of hydrogen-bond acceptors (Lipinski definition) is 2. The third-order valence-electron chi connectivity index (χ3n) is 3.98. The van der Waals surface area contributed by atoms with E-state index >= 15 is 0 Å². The van der Waals surface area contributed by atoms with Gasteiger partial charge in [-0.05, 0) is 58.8 Å². The fourth-order valence-electron chi connectivity index (χ4n) is 2.91. The van der Waals surface area contributed by atoms with Crippen LogP contribution in [0.3, 0.4) is 0 Å². The lowest BCUT2D eigenvalue weighted by Gasteiger charge is -2.16. The first-order valence-corrected chi connectivity index (χ1v) is 8.52. The summed E-state index contributed by atoms with van der Waals surface area (Å²) in [6, 6.07) is 14.0. The quantitative estimate of drug-likeness (QED) is 0.606. The minimum Gasteiger partial charge on any atom is -0.481 e. The second-order valence-corrected chi connectivity index (χ2v) is 6.95. The number of carbonyl (C=O) groups is 1. The second-order valence-electron chi connectivity index (χ2n) is 5.70. The van der Waals surface area contributed by atoms with Gasteiger partial charge in [0.15, 0.2) is 0 Å². The van der Waals surface area contributed by atoms with Crippen molar-refractivity contribution >= 4 is 39.6 Å². The Kier molecular flexibility index (Phi) is 4.66. The topological polar surface area (TPSA) is 66.0 Å². The lowest BCUT2D eigenvalue weighted by atomic mass is 9.89. The fourth-order valence-corrected chi connectivity index (χ4v) is 3.38. The predicted molar refractivity (Wildman–Crippen MR) is 98.7 cm³/mol. The van der Waals surface area contributed by atoms with Gasteiger partial charge in [0.05, 0.1) is 17.5 Å². The van der Waals surface area contributed by atoms with Gasteiger partial charge in [0.25, 0.3) is 0 Å². The molecule has 0 spiro atoms. The lowest BCUT2D eigenvalue weighted by Crippen LogP contribution is -2.11. The highest BCUT2D eigenvalue weighted by Gasteiger charge is 2.19. The predicted octanol–water partition coefficient (Wildman–Crippen LogP) is 4.28. The van der Waals surface area contributed by atoms with E-state index in [2.05, 4.69) is 32.6 Å². The van der Waals surface area contributed by atoms with Crippen LogP contribution in [0.2, 0.25) is 0 Å². The van der Waals surface area contributed by atoms with Crippen molar-refractivity contribution in [3.8, 4) is 0 Å². The minimum atomic E-state index is -0.788. The smallest absolute Gasteiger partial charge is 0.303 e. The molecule has 3 aromatic rings. The highest BCUT2D eigenvalue weighted by atomic mass is 127. The second kappa shape index (κ2) is 6.70. The van der Waals surface area contributed by atoms with Crippen molar-refractivity contribution in [1.29, 1.82) is 0 Å². The van der Waals surface area contributed by atoms with Crippen molar-refractivity contribution < 1.29 is 9.90 Å². The van der Waals surface area contributed by atoms with Crippen molar-refractivity contribution in [3.05, 3.63) is 63.0 Å². The van der Waals surface area contributed by atoms with E-state index in [0.717, 1.165) is 31.6 Å². The Bertz CT molecular complexity index is 857. The Morgan fingerprint density at radius 1 is 1.30 bits per heavy atom. The molecule has 3 rings (SSSR count). The summed E-state index contributed by atoms with van der Waals surface area (Å²) in [6.45, 7) is 2.02. The van der Waals surface area contributed by atoms with Gasteiger partial charge in [0.1, 0.15) is 5.82 Å². The number of imidazole rings is 1. The Balaban J connectivity index is 1.93. The molecule has 1 unspecified atom stereocenters. The SMILES string of the molecule is Cc1ccccc1C(CC(=O)O)Cc1nc2cc(I)ccc2[nH]1. The van der Waals surface area contributed by atoms with E-state index in [9.17, 15) is 9.90 Å². The van der Waals surface area contributed by atoms with Crippen LogP contribution in [0.5, 0.6) is 0 Å². The number of carboxylic acid groups (broad SMARTS) is 1.